The summed E-state index contributed by atoms with van der Waals surface area (Å²) in [7, 11) is 0. The molecule has 1 atom stereocenters. The predicted octanol–water partition coefficient (Wildman–Crippen LogP) is 2.53. The molecule has 112 valence electrons. The molecule has 0 spiro atoms. The van der Waals surface area contributed by atoms with Crippen molar-refractivity contribution in [2.75, 3.05) is 6.61 Å². The Morgan fingerprint density at radius 1 is 1.50 bits per heavy atom. The number of nitrogens with two attached hydrogens (primary N) is 1. The van der Waals surface area contributed by atoms with Gasteiger partial charge in [-0.15, -0.1) is 0 Å². The van der Waals surface area contributed by atoms with Crippen molar-refractivity contribution in [2.24, 2.45) is 5.73 Å². The summed E-state index contributed by atoms with van der Waals surface area (Å²) in [6.07, 6.45) is 0.809. The van der Waals surface area contributed by atoms with Gasteiger partial charge in [0.05, 0.1) is 0 Å². The maximum absolute atomic E-state index is 13.2. The van der Waals surface area contributed by atoms with E-state index < -0.39 is 5.82 Å². The van der Waals surface area contributed by atoms with E-state index in [1.54, 1.807) is 13.0 Å². The van der Waals surface area contributed by atoms with E-state index in [1.165, 1.54) is 12.1 Å². The van der Waals surface area contributed by atoms with E-state index in [4.69, 9.17) is 10.5 Å². The highest BCUT2D eigenvalue weighted by molar-refractivity contribution is 5.78. The summed E-state index contributed by atoms with van der Waals surface area (Å²) in [6, 6.07) is 3.85. The first-order valence-corrected chi connectivity index (χ1v) is 6.74. The average molecular weight is 282 g/mol. The molecule has 4 nitrogen and oxygen atoms in total. The zero-order valence-corrected chi connectivity index (χ0v) is 12.5. The fourth-order valence-corrected chi connectivity index (χ4v) is 1.65. The number of rotatable bonds is 6. The first kappa shape index (κ1) is 16.4. The molecular formula is C15H23FN2O2. The Hall–Kier alpha value is -1.62. The highest BCUT2D eigenvalue weighted by atomic mass is 19.1. The van der Waals surface area contributed by atoms with Crippen LogP contribution in [-0.4, -0.2) is 18.1 Å². The second-order valence-corrected chi connectivity index (χ2v) is 5.55. The van der Waals surface area contributed by atoms with Crippen molar-refractivity contribution in [1.29, 1.82) is 0 Å². The Morgan fingerprint density at radius 2 is 2.15 bits per heavy atom. The van der Waals surface area contributed by atoms with E-state index >= 15 is 0 Å². The fourth-order valence-electron chi connectivity index (χ4n) is 1.65. The first-order valence-electron chi connectivity index (χ1n) is 6.74. The minimum absolute atomic E-state index is 0.160. The van der Waals surface area contributed by atoms with Gasteiger partial charge >= 0.3 is 0 Å². The maximum atomic E-state index is 13.2. The molecule has 0 aliphatic rings. The molecule has 0 saturated carbocycles. The molecule has 0 aromatic heterocycles. The molecule has 1 aromatic rings. The van der Waals surface area contributed by atoms with Crippen molar-refractivity contribution < 1.29 is 13.9 Å². The van der Waals surface area contributed by atoms with Gasteiger partial charge in [-0.2, -0.15) is 0 Å². The van der Waals surface area contributed by atoms with E-state index in [2.05, 4.69) is 5.32 Å². The van der Waals surface area contributed by atoms with E-state index in [1.807, 2.05) is 20.8 Å². The summed E-state index contributed by atoms with van der Waals surface area (Å²) in [5, 5.41) is 2.85. The van der Waals surface area contributed by atoms with E-state index in [9.17, 15) is 9.18 Å². The summed E-state index contributed by atoms with van der Waals surface area (Å²) < 4.78 is 18.6. The van der Waals surface area contributed by atoms with Crippen molar-refractivity contribution in [3.05, 3.63) is 29.6 Å². The van der Waals surface area contributed by atoms with Crippen LogP contribution in [0.5, 0.6) is 5.75 Å². The number of hydrogen-bond donors (Lipinski definition) is 2. The summed E-state index contributed by atoms with van der Waals surface area (Å²) in [5.41, 5.74) is 6.18. The maximum Gasteiger partial charge on any atom is 0.258 e. The van der Waals surface area contributed by atoms with Crippen molar-refractivity contribution in [3.63, 3.8) is 0 Å². The molecule has 0 aliphatic heterocycles. The Morgan fingerprint density at radius 3 is 2.70 bits per heavy atom. The van der Waals surface area contributed by atoms with Crippen LogP contribution < -0.4 is 15.8 Å². The zero-order valence-electron chi connectivity index (χ0n) is 12.5. The van der Waals surface area contributed by atoms with Crippen molar-refractivity contribution >= 4 is 5.91 Å². The second-order valence-electron chi connectivity index (χ2n) is 5.55. The number of ether oxygens (including phenoxy) is 1. The largest absolute Gasteiger partial charge is 0.483 e. The number of benzene rings is 1. The molecular weight excluding hydrogens is 259 g/mol. The smallest absolute Gasteiger partial charge is 0.258 e. The van der Waals surface area contributed by atoms with E-state index in [0.29, 0.717) is 11.3 Å². The number of amides is 1. The molecule has 1 aromatic carbocycles. The van der Waals surface area contributed by atoms with Crippen molar-refractivity contribution in [3.8, 4) is 5.75 Å². The molecule has 0 saturated heterocycles. The van der Waals surface area contributed by atoms with Crippen LogP contribution in [0.1, 0.15) is 45.7 Å². The van der Waals surface area contributed by atoms with Crippen LogP contribution in [-0.2, 0) is 4.79 Å². The fraction of sp³-hybridized carbons (Fsp3) is 0.533. The molecule has 1 rings (SSSR count). The summed E-state index contributed by atoms with van der Waals surface area (Å²) in [6.45, 7) is 7.47. The molecule has 5 heteroatoms. The Labute approximate surface area is 119 Å². The minimum Gasteiger partial charge on any atom is -0.483 e. The first-order chi connectivity index (χ1) is 9.25. The lowest BCUT2D eigenvalue weighted by molar-refractivity contribution is -0.124. The molecule has 0 radical (unpaired) electrons. The topological polar surface area (TPSA) is 64.3 Å². The Kier molecular flexibility index (Phi) is 5.51. The van der Waals surface area contributed by atoms with Crippen LogP contribution in [0.25, 0.3) is 0 Å². The molecule has 1 amide bonds. The third-order valence-corrected chi connectivity index (χ3v) is 3.19. The molecule has 20 heavy (non-hydrogen) atoms. The third kappa shape index (κ3) is 4.81. The van der Waals surface area contributed by atoms with Crippen molar-refractivity contribution in [2.45, 2.75) is 45.7 Å². The highest BCUT2D eigenvalue weighted by Crippen LogP contribution is 2.24. The van der Waals surface area contributed by atoms with Crippen LogP contribution in [0.15, 0.2) is 18.2 Å². The number of carbonyl (C=O) groups is 1. The minimum atomic E-state index is -0.418. The monoisotopic (exact) mass is 282 g/mol. The molecule has 0 fully saturated rings. The number of nitrogens with one attached hydrogen (secondary N) is 1. The van der Waals surface area contributed by atoms with Crippen LogP contribution >= 0.6 is 0 Å². The van der Waals surface area contributed by atoms with Gasteiger partial charge in [0, 0.05) is 23.2 Å². The summed E-state index contributed by atoms with van der Waals surface area (Å²) >= 11 is 0. The lowest BCUT2D eigenvalue weighted by Gasteiger charge is -2.24. The summed E-state index contributed by atoms with van der Waals surface area (Å²) in [5.74, 6) is -0.347. The van der Waals surface area contributed by atoms with Crippen LogP contribution in [0.2, 0.25) is 0 Å². The molecule has 1 unspecified atom stereocenters. The Balaban J connectivity index is 2.70. The lowest BCUT2D eigenvalue weighted by atomic mass is 10.0. The van der Waals surface area contributed by atoms with Crippen LogP contribution in [0.3, 0.4) is 0 Å². The van der Waals surface area contributed by atoms with Gasteiger partial charge in [-0.3, -0.25) is 4.79 Å². The van der Waals surface area contributed by atoms with Gasteiger partial charge in [-0.1, -0.05) is 13.0 Å². The van der Waals surface area contributed by atoms with Gasteiger partial charge < -0.3 is 15.8 Å². The Bertz CT molecular complexity index is 473. The normalized spacial score (nSPS) is 12.9. The van der Waals surface area contributed by atoms with Gasteiger partial charge in [-0.05, 0) is 33.3 Å². The molecule has 0 heterocycles. The van der Waals surface area contributed by atoms with E-state index in [-0.39, 0.29) is 24.1 Å². The van der Waals surface area contributed by atoms with Crippen LogP contribution in [0.4, 0.5) is 4.39 Å². The molecule has 3 N–H and O–H groups in total. The second kappa shape index (κ2) is 6.70. The quantitative estimate of drug-likeness (QED) is 0.842. The number of carbonyl (C=O) groups excluding carboxylic acids is 1. The zero-order chi connectivity index (χ0) is 15.3. The lowest BCUT2D eigenvalue weighted by Crippen LogP contribution is -2.45. The summed E-state index contributed by atoms with van der Waals surface area (Å²) in [4.78, 5) is 11.8. The van der Waals surface area contributed by atoms with Crippen molar-refractivity contribution in [1.82, 2.24) is 5.32 Å². The van der Waals surface area contributed by atoms with Gasteiger partial charge in [0.2, 0.25) is 0 Å². The van der Waals surface area contributed by atoms with Gasteiger partial charge in [0.15, 0.2) is 6.61 Å². The van der Waals surface area contributed by atoms with Gasteiger partial charge in [-0.25, -0.2) is 4.39 Å². The SMILES string of the molecule is CCC(C)(C)NC(=O)COc1cc(F)ccc1C(C)N. The van der Waals surface area contributed by atoms with E-state index in [0.717, 1.165) is 6.42 Å². The van der Waals surface area contributed by atoms with Gasteiger partial charge in [0.1, 0.15) is 11.6 Å². The third-order valence-electron chi connectivity index (χ3n) is 3.19. The predicted molar refractivity (Wildman–Crippen MR) is 77.0 cm³/mol. The molecule has 0 bridgehead atoms. The van der Waals surface area contributed by atoms with Gasteiger partial charge in [0.25, 0.3) is 5.91 Å². The van der Waals surface area contributed by atoms with Crippen LogP contribution in [0, 0.1) is 5.82 Å². The number of hydrogen-bond acceptors (Lipinski definition) is 3. The standard InChI is InChI=1S/C15H23FN2O2/c1-5-15(3,4)18-14(19)9-20-13-8-11(16)6-7-12(13)10(2)17/h6-8,10H,5,9,17H2,1-4H3,(H,18,19). The number of halogens is 1. The molecule has 0 aliphatic carbocycles. The highest BCUT2D eigenvalue weighted by Gasteiger charge is 2.18. The average Bonchev–Trinajstić information content (AvgIpc) is 2.35.